The number of aromatic nitrogens is 3. The normalized spacial score (nSPS) is 23.6. The summed E-state index contributed by atoms with van der Waals surface area (Å²) in [5.74, 6) is 0.403. The van der Waals surface area contributed by atoms with Crippen molar-refractivity contribution in [2.75, 3.05) is 11.9 Å². The van der Waals surface area contributed by atoms with Crippen molar-refractivity contribution in [2.24, 2.45) is 17.8 Å². The van der Waals surface area contributed by atoms with Crippen LogP contribution in [0.25, 0.3) is 5.69 Å². The summed E-state index contributed by atoms with van der Waals surface area (Å²) in [5.41, 5.74) is 1.35. The van der Waals surface area contributed by atoms with Crippen LogP contribution >= 0.6 is 0 Å². The van der Waals surface area contributed by atoms with Crippen LogP contribution in [0.2, 0.25) is 0 Å². The number of nitrogens with zero attached hydrogens (tertiary/aromatic N) is 3. The monoisotopic (exact) mass is 337 g/mol. The van der Waals surface area contributed by atoms with Crippen molar-refractivity contribution in [3.05, 3.63) is 49.1 Å². The highest BCUT2D eigenvalue weighted by Gasteiger charge is 2.35. The molecule has 1 aromatic heterocycles. The summed E-state index contributed by atoms with van der Waals surface area (Å²) in [4.78, 5) is 24.2. The molecule has 2 aromatic rings. The van der Waals surface area contributed by atoms with Gasteiger partial charge in [0, 0.05) is 12.2 Å². The summed E-state index contributed by atoms with van der Waals surface area (Å²) in [7, 11) is 0. The number of carbonyl (C=O) groups is 2. The van der Waals surface area contributed by atoms with Gasteiger partial charge in [-0.3, -0.25) is 14.2 Å². The Bertz CT molecular complexity index is 815. The lowest BCUT2D eigenvalue weighted by molar-refractivity contribution is -0.136. The molecule has 3 atom stereocenters. The van der Waals surface area contributed by atoms with E-state index in [1.165, 1.54) is 6.42 Å². The molecule has 25 heavy (non-hydrogen) atoms. The molecule has 7 heteroatoms. The summed E-state index contributed by atoms with van der Waals surface area (Å²) in [5, 5.41) is 12.9. The topological polar surface area (TPSA) is 88.9 Å². The van der Waals surface area contributed by atoms with Crippen molar-refractivity contribution in [3.8, 4) is 5.69 Å². The van der Waals surface area contributed by atoms with Crippen LogP contribution in [-0.2, 0) is 9.59 Å². The smallest absolute Gasteiger partial charge is 0.313 e. The molecule has 2 bridgehead atoms. The minimum absolute atomic E-state index is 0.448. The zero-order valence-electron chi connectivity index (χ0n) is 13.6. The Morgan fingerprint density at radius 3 is 2.68 bits per heavy atom. The lowest BCUT2D eigenvalue weighted by Gasteiger charge is -2.18. The minimum Gasteiger partial charge on any atom is -0.348 e. The second-order valence-electron chi connectivity index (χ2n) is 6.62. The number of carbonyl (C=O) groups excluding carboxylic acids is 2. The van der Waals surface area contributed by atoms with Crippen molar-refractivity contribution in [3.63, 3.8) is 0 Å². The number of allylic oxidation sites excluding steroid dienone is 2. The average Bonchev–Trinajstić information content (AvgIpc) is 3.37. The lowest BCUT2D eigenvalue weighted by atomic mass is 9.94. The number of anilines is 1. The molecule has 1 fully saturated rings. The van der Waals surface area contributed by atoms with Crippen molar-refractivity contribution in [1.82, 2.24) is 20.1 Å². The molecule has 0 unspecified atom stereocenters. The molecule has 2 aliphatic rings. The van der Waals surface area contributed by atoms with Gasteiger partial charge in [-0.2, -0.15) is 0 Å². The molecular weight excluding hydrogens is 318 g/mol. The van der Waals surface area contributed by atoms with Gasteiger partial charge in [0.15, 0.2) is 0 Å². The van der Waals surface area contributed by atoms with Gasteiger partial charge in [0.05, 0.1) is 5.69 Å². The van der Waals surface area contributed by atoms with E-state index in [2.05, 4.69) is 33.0 Å². The fraction of sp³-hybridized carbons (Fsp3) is 0.333. The molecule has 2 aliphatic carbocycles. The summed E-state index contributed by atoms with van der Waals surface area (Å²) >= 11 is 0. The van der Waals surface area contributed by atoms with Gasteiger partial charge in [-0.05, 0) is 48.8 Å². The number of amides is 2. The third-order valence-electron chi connectivity index (χ3n) is 4.97. The van der Waals surface area contributed by atoms with E-state index in [-0.39, 0.29) is 0 Å². The molecule has 0 spiro atoms. The predicted octanol–water partition coefficient (Wildman–Crippen LogP) is 1.53. The maximum absolute atomic E-state index is 12.1. The van der Waals surface area contributed by atoms with Crippen LogP contribution in [0.4, 0.5) is 5.69 Å². The van der Waals surface area contributed by atoms with Gasteiger partial charge in [-0.1, -0.05) is 18.2 Å². The van der Waals surface area contributed by atoms with Crippen LogP contribution in [-0.4, -0.2) is 33.1 Å². The van der Waals surface area contributed by atoms with Gasteiger partial charge in [0.1, 0.15) is 12.7 Å². The first kappa shape index (κ1) is 15.6. The van der Waals surface area contributed by atoms with Crippen molar-refractivity contribution in [2.45, 2.75) is 12.8 Å². The van der Waals surface area contributed by atoms with Gasteiger partial charge >= 0.3 is 11.8 Å². The van der Waals surface area contributed by atoms with Crippen LogP contribution < -0.4 is 10.6 Å². The molecule has 4 rings (SSSR count). The Hall–Kier alpha value is -2.96. The number of hydrogen-bond acceptors (Lipinski definition) is 4. The van der Waals surface area contributed by atoms with E-state index in [0.717, 1.165) is 12.1 Å². The van der Waals surface area contributed by atoms with Crippen molar-refractivity contribution >= 4 is 17.5 Å². The lowest BCUT2D eigenvalue weighted by Crippen LogP contribution is -2.38. The van der Waals surface area contributed by atoms with Crippen LogP contribution in [0.3, 0.4) is 0 Å². The molecule has 0 saturated heterocycles. The van der Waals surface area contributed by atoms with E-state index in [1.54, 1.807) is 35.4 Å². The Morgan fingerprint density at radius 2 is 1.96 bits per heavy atom. The molecule has 128 valence electrons. The summed E-state index contributed by atoms with van der Waals surface area (Å²) in [6.45, 7) is 0.554. The molecule has 2 amide bonds. The van der Waals surface area contributed by atoms with Crippen LogP contribution in [0.5, 0.6) is 0 Å². The van der Waals surface area contributed by atoms with Gasteiger partial charge in [-0.25, -0.2) is 0 Å². The summed E-state index contributed by atoms with van der Waals surface area (Å²) in [6.07, 6.45) is 9.92. The van der Waals surface area contributed by atoms with E-state index in [9.17, 15) is 9.59 Å². The third-order valence-corrected chi connectivity index (χ3v) is 4.97. The summed E-state index contributed by atoms with van der Waals surface area (Å²) < 4.78 is 1.72. The maximum Gasteiger partial charge on any atom is 0.313 e. The number of nitrogens with one attached hydrogen (secondary N) is 2. The van der Waals surface area contributed by atoms with E-state index < -0.39 is 11.8 Å². The number of fused-ring (bicyclic) bond motifs is 2. The highest BCUT2D eigenvalue weighted by atomic mass is 16.2. The Morgan fingerprint density at radius 1 is 1.12 bits per heavy atom. The van der Waals surface area contributed by atoms with Gasteiger partial charge in [0.2, 0.25) is 0 Å². The number of rotatable bonds is 4. The van der Waals surface area contributed by atoms with Crippen LogP contribution in [0, 0.1) is 17.8 Å². The fourth-order valence-corrected chi connectivity index (χ4v) is 3.70. The molecule has 2 N–H and O–H groups in total. The second kappa shape index (κ2) is 6.51. The van der Waals surface area contributed by atoms with Crippen molar-refractivity contribution < 1.29 is 9.59 Å². The molecule has 7 nitrogen and oxygen atoms in total. The maximum atomic E-state index is 12.1. The zero-order valence-corrected chi connectivity index (χ0v) is 13.6. The Labute approximate surface area is 145 Å². The molecule has 0 aliphatic heterocycles. The first-order valence-corrected chi connectivity index (χ1v) is 8.41. The Balaban J connectivity index is 1.33. The SMILES string of the molecule is O=C(NC[C@H]1C[C@@H]2C=C[C@H]1C2)C(=O)Nc1cccc(-n2cnnc2)c1. The van der Waals surface area contributed by atoms with E-state index in [1.807, 2.05) is 6.07 Å². The molecule has 1 aromatic carbocycles. The number of benzene rings is 1. The summed E-state index contributed by atoms with van der Waals surface area (Å²) in [6, 6.07) is 7.15. The quantitative estimate of drug-likeness (QED) is 0.654. The first-order chi connectivity index (χ1) is 12.2. The minimum atomic E-state index is -0.653. The third kappa shape index (κ3) is 3.31. The molecule has 1 saturated carbocycles. The predicted molar refractivity (Wildman–Crippen MR) is 91.8 cm³/mol. The van der Waals surface area contributed by atoms with Gasteiger partial charge in [0.25, 0.3) is 0 Å². The average molecular weight is 337 g/mol. The van der Waals surface area contributed by atoms with Gasteiger partial charge in [-0.15, -0.1) is 10.2 Å². The largest absolute Gasteiger partial charge is 0.348 e. The number of hydrogen-bond donors (Lipinski definition) is 2. The van der Waals surface area contributed by atoms with E-state index in [0.29, 0.717) is 30.0 Å². The molecule has 1 heterocycles. The van der Waals surface area contributed by atoms with Crippen LogP contribution in [0.1, 0.15) is 12.8 Å². The molecule has 0 radical (unpaired) electrons. The molecular formula is C18H19N5O2. The van der Waals surface area contributed by atoms with E-state index in [4.69, 9.17) is 0 Å². The van der Waals surface area contributed by atoms with Gasteiger partial charge < -0.3 is 10.6 Å². The van der Waals surface area contributed by atoms with Crippen LogP contribution in [0.15, 0.2) is 49.1 Å². The highest BCUT2D eigenvalue weighted by Crippen LogP contribution is 2.42. The van der Waals surface area contributed by atoms with Crippen molar-refractivity contribution in [1.29, 1.82) is 0 Å². The highest BCUT2D eigenvalue weighted by molar-refractivity contribution is 6.39. The first-order valence-electron chi connectivity index (χ1n) is 8.41. The Kier molecular flexibility index (Phi) is 4.05. The zero-order chi connectivity index (χ0) is 17.2. The standard InChI is InChI=1S/C18H19N5O2/c24-17(19-9-14-7-12-4-5-13(14)6-12)18(25)22-15-2-1-3-16(8-15)23-10-20-21-11-23/h1-5,8,10-14H,6-7,9H2,(H,19,24)(H,22,25)/t12-,13+,14-/m1/s1. The second-order valence-corrected chi connectivity index (χ2v) is 6.62. The fourth-order valence-electron chi connectivity index (χ4n) is 3.70. The van der Waals surface area contributed by atoms with E-state index >= 15 is 0 Å².